The summed E-state index contributed by atoms with van der Waals surface area (Å²) >= 11 is 0. The van der Waals surface area contributed by atoms with Crippen molar-refractivity contribution in [2.75, 3.05) is 13.7 Å². The zero-order valence-electron chi connectivity index (χ0n) is 13.9. The molecule has 2 heterocycles. The first-order valence-electron chi connectivity index (χ1n) is 8.14. The van der Waals surface area contributed by atoms with Crippen LogP contribution < -0.4 is 10.1 Å². The molecular formula is C17H22ClF3N2O2. The maximum atomic E-state index is 12.5. The van der Waals surface area contributed by atoms with Crippen LogP contribution >= 0.6 is 12.4 Å². The number of nitrogens with one attached hydrogen (secondary N) is 1. The van der Waals surface area contributed by atoms with Gasteiger partial charge in [0.1, 0.15) is 5.75 Å². The smallest absolute Gasteiger partial charge is 0.416 e. The SMILES string of the molecule is CN(C(=O)COc1ccc(C(F)(F)F)cc1)C1CC2CCC(C1)N2.Cl. The first-order valence-corrected chi connectivity index (χ1v) is 8.14. The average Bonchev–Trinajstić information content (AvgIpc) is 2.89. The largest absolute Gasteiger partial charge is 0.484 e. The Morgan fingerprint density at radius 1 is 1.20 bits per heavy atom. The van der Waals surface area contributed by atoms with E-state index in [0.29, 0.717) is 12.1 Å². The van der Waals surface area contributed by atoms with Crippen molar-refractivity contribution in [2.24, 2.45) is 0 Å². The molecule has 4 nitrogen and oxygen atoms in total. The maximum Gasteiger partial charge on any atom is 0.416 e. The van der Waals surface area contributed by atoms with Crippen LogP contribution in [0.4, 0.5) is 13.2 Å². The lowest BCUT2D eigenvalue weighted by atomic mass is 9.98. The number of benzene rings is 1. The highest BCUT2D eigenvalue weighted by Crippen LogP contribution is 2.31. The normalized spacial score (nSPS) is 25.2. The second kappa shape index (κ2) is 7.83. The second-order valence-electron chi connectivity index (χ2n) is 6.58. The van der Waals surface area contributed by atoms with Crippen LogP contribution in [0.3, 0.4) is 0 Å². The van der Waals surface area contributed by atoms with Gasteiger partial charge < -0.3 is 15.0 Å². The van der Waals surface area contributed by atoms with Crippen molar-refractivity contribution < 1.29 is 22.7 Å². The van der Waals surface area contributed by atoms with E-state index in [1.54, 1.807) is 11.9 Å². The lowest BCUT2D eigenvalue weighted by Crippen LogP contribution is -2.49. The summed E-state index contributed by atoms with van der Waals surface area (Å²) in [5, 5.41) is 3.53. The van der Waals surface area contributed by atoms with Gasteiger partial charge in [0, 0.05) is 25.2 Å². The van der Waals surface area contributed by atoms with Gasteiger partial charge in [-0.2, -0.15) is 13.2 Å². The van der Waals surface area contributed by atoms with Gasteiger partial charge in [0.25, 0.3) is 5.91 Å². The minimum Gasteiger partial charge on any atom is -0.484 e. The summed E-state index contributed by atoms with van der Waals surface area (Å²) in [6, 6.07) is 5.55. The molecule has 2 unspecified atom stereocenters. The molecule has 140 valence electrons. The van der Waals surface area contributed by atoms with Crippen LogP contribution in [-0.4, -0.2) is 42.6 Å². The third-order valence-corrected chi connectivity index (χ3v) is 4.93. The van der Waals surface area contributed by atoms with E-state index in [-0.39, 0.29) is 36.7 Å². The molecule has 0 aliphatic carbocycles. The van der Waals surface area contributed by atoms with Crippen LogP contribution in [0.1, 0.15) is 31.2 Å². The Labute approximate surface area is 151 Å². The van der Waals surface area contributed by atoms with Gasteiger partial charge in [-0.25, -0.2) is 0 Å². The van der Waals surface area contributed by atoms with Crippen molar-refractivity contribution in [3.63, 3.8) is 0 Å². The number of hydrogen-bond donors (Lipinski definition) is 1. The molecule has 2 aliphatic rings. The Kier molecular flexibility index (Phi) is 6.21. The number of nitrogens with zero attached hydrogens (tertiary/aromatic N) is 1. The van der Waals surface area contributed by atoms with Gasteiger partial charge >= 0.3 is 6.18 Å². The Morgan fingerprint density at radius 3 is 2.28 bits per heavy atom. The van der Waals surface area contributed by atoms with E-state index in [0.717, 1.165) is 37.8 Å². The molecule has 1 amide bonds. The highest BCUT2D eigenvalue weighted by Gasteiger charge is 2.36. The molecule has 8 heteroatoms. The van der Waals surface area contributed by atoms with Gasteiger partial charge in [-0.1, -0.05) is 0 Å². The Morgan fingerprint density at radius 2 is 1.76 bits per heavy atom. The van der Waals surface area contributed by atoms with E-state index in [2.05, 4.69) is 5.32 Å². The first-order chi connectivity index (χ1) is 11.3. The number of fused-ring (bicyclic) bond motifs is 2. The van der Waals surface area contributed by atoms with Crippen molar-refractivity contribution >= 4 is 18.3 Å². The summed E-state index contributed by atoms with van der Waals surface area (Å²) in [4.78, 5) is 14.0. The summed E-state index contributed by atoms with van der Waals surface area (Å²) < 4.78 is 42.9. The summed E-state index contributed by atoms with van der Waals surface area (Å²) in [6.07, 6.45) is -0.169. The number of ether oxygens (including phenoxy) is 1. The number of piperidine rings is 1. The molecule has 25 heavy (non-hydrogen) atoms. The number of hydrogen-bond acceptors (Lipinski definition) is 3. The molecule has 0 radical (unpaired) electrons. The number of amides is 1. The first kappa shape index (κ1) is 19.8. The predicted octanol–water partition coefficient (Wildman–Crippen LogP) is 3.25. The van der Waals surface area contributed by atoms with Gasteiger partial charge in [0.2, 0.25) is 0 Å². The molecule has 0 spiro atoms. The van der Waals surface area contributed by atoms with Gasteiger partial charge in [-0.15, -0.1) is 12.4 Å². The third kappa shape index (κ3) is 4.79. The number of rotatable bonds is 4. The second-order valence-corrected chi connectivity index (χ2v) is 6.58. The standard InChI is InChI=1S/C17H21F3N2O2.ClH/c1-22(14-8-12-4-5-13(9-14)21-12)16(23)10-24-15-6-2-11(3-7-15)17(18,19)20;/h2-3,6-7,12-14,21H,4-5,8-10H2,1H3;1H. The number of alkyl halides is 3. The maximum absolute atomic E-state index is 12.5. The third-order valence-electron chi connectivity index (χ3n) is 4.93. The molecule has 3 rings (SSSR count). The fraction of sp³-hybridized carbons (Fsp3) is 0.588. The van der Waals surface area contributed by atoms with E-state index < -0.39 is 11.7 Å². The molecule has 2 atom stereocenters. The van der Waals surface area contributed by atoms with Crippen LogP contribution in [0.2, 0.25) is 0 Å². The number of carbonyl (C=O) groups excluding carboxylic acids is 1. The van der Waals surface area contributed by atoms with E-state index >= 15 is 0 Å². The molecule has 2 aliphatic heterocycles. The fourth-order valence-electron chi connectivity index (χ4n) is 3.53. The molecule has 0 saturated carbocycles. The van der Waals surface area contributed by atoms with Crippen molar-refractivity contribution in [3.8, 4) is 5.75 Å². The summed E-state index contributed by atoms with van der Waals surface area (Å²) in [7, 11) is 1.77. The Hall–Kier alpha value is -1.47. The molecule has 2 fully saturated rings. The average molecular weight is 379 g/mol. The Bertz CT molecular complexity index is 583. The zero-order chi connectivity index (χ0) is 17.3. The van der Waals surface area contributed by atoms with E-state index in [4.69, 9.17) is 4.74 Å². The van der Waals surface area contributed by atoms with E-state index in [1.165, 1.54) is 12.1 Å². The van der Waals surface area contributed by atoms with E-state index in [1.807, 2.05) is 0 Å². The van der Waals surface area contributed by atoms with Crippen molar-refractivity contribution in [1.29, 1.82) is 0 Å². The Balaban J connectivity index is 0.00000225. The number of carbonyl (C=O) groups is 1. The lowest BCUT2D eigenvalue weighted by molar-refractivity contribution is -0.138. The molecule has 1 N–H and O–H groups in total. The van der Waals surface area contributed by atoms with Crippen LogP contribution in [0, 0.1) is 0 Å². The molecule has 0 aromatic heterocycles. The minimum atomic E-state index is -4.37. The highest BCUT2D eigenvalue weighted by molar-refractivity contribution is 5.85. The van der Waals surface area contributed by atoms with Gasteiger partial charge in [-0.3, -0.25) is 4.79 Å². The van der Waals surface area contributed by atoms with Crippen LogP contribution in [0.15, 0.2) is 24.3 Å². The highest BCUT2D eigenvalue weighted by atomic mass is 35.5. The number of likely N-dealkylation sites (N-methyl/N-ethyl adjacent to an activating group) is 1. The topological polar surface area (TPSA) is 41.6 Å². The fourth-order valence-corrected chi connectivity index (χ4v) is 3.53. The van der Waals surface area contributed by atoms with Gasteiger partial charge in [0.15, 0.2) is 6.61 Å². The van der Waals surface area contributed by atoms with E-state index in [9.17, 15) is 18.0 Å². The van der Waals surface area contributed by atoms with Crippen LogP contribution in [0.25, 0.3) is 0 Å². The molecule has 2 bridgehead atoms. The quantitative estimate of drug-likeness (QED) is 0.874. The lowest BCUT2D eigenvalue weighted by Gasteiger charge is -2.35. The molecule has 2 saturated heterocycles. The van der Waals surface area contributed by atoms with Crippen molar-refractivity contribution in [2.45, 2.75) is 50.0 Å². The monoisotopic (exact) mass is 378 g/mol. The molecule has 1 aromatic carbocycles. The van der Waals surface area contributed by atoms with Crippen molar-refractivity contribution in [1.82, 2.24) is 10.2 Å². The minimum absolute atomic E-state index is 0. The summed E-state index contributed by atoms with van der Waals surface area (Å²) in [5.41, 5.74) is -0.733. The summed E-state index contributed by atoms with van der Waals surface area (Å²) in [6.45, 7) is -0.166. The number of halogens is 4. The van der Waals surface area contributed by atoms with Gasteiger partial charge in [0.05, 0.1) is 5.56 Å². The molecule has 1 aromatic rings. The van der Waals surface area contributed by atoms with Crippen LogP contribution in [-0.2, 0) is 11.0 Å². The van der Waals surface area contributed by atoms with Crippen molar-refractivity contribution in [3.05, 3.63) is 29.8 Å². The summed E-state index contributed by atoms with van der Waals surface area (Å²) in [5.74, 6) is 0.108. The zero-order valence-corrected chi connectivity index (χ0v) is 14.7. The van der Waals surface area contributed by atoms with Gasteiger partial charge in [-0.05, 0) is 49.9 Å². The predicted molar refractivity (Wildman–Crippen MR) is 89.9 cm³/mol. The molecular weight excluding hydrogens is 357 g/mol. The van der Waals surface area contributed by atoms with Crippen LogP contribution in [0.5, 0.6) is 5.75 Å².